The number of hydrogen-bond acceptors (Lipinski definition) is 4. The minimum atomic E-state index is 0.599. The van der Waals surface area contributed by atoms with Crippen molar-refractivity contribution in [3.05, 3.63) is 41.7 Å². The van der Waals surface area contributed by atoms with Gasteiger partial charge in [-0.2, -0.15) is 5.10 Å². The van der Waals surface area contributed by atoms with Crippen LogP contribution in [0.4, 0.5) is 0 Å². The number of benzene rings is 1. The van der Waals surface area contributed by atoms with Gasteiger partial charge in [-0.25, -0.2) is 0 Å². The number of ether oxygens (including phenoxy) is 2. The number of hydrogen-bond donors (Lipinski definition) is 1. The first-order chi connectivity index (χ1) is 10.2. The van der Waals surface area contributed by atoms with E-state index in [2.05, 4.69) is 5.10 Å². The van der Waals surface area contributed by atoms with E-state index in [4.69, 9.17) is 15.2 Å². The van der Waals surface area contributed by atoms with Gasteiger partial charge in [-0.05, 0) is 43.1 Å². The normalized spacial score (nSPS) is 10.6. The molecule has 0 saturated carbocycles. The van der Waals surface area contributed by atoms with Gasteiger partial charge in [0.25, 0.3) is 0 Å². The van der Waals surface area contributed by atoms with Gasteiger partial charge in [0, 0.05) is 19.7 Å². The highest BCUT2D eigenvalue weighted by molar-refractivity contribution is 5.43. The molecule has 0 radical (unpaired) electrons. The third kappa shape index (κ3) is 4.49. The molecule has 0 fully saturated rings. The summed E-state index contributed by atoms with van der Waals surface area (Å²) in [5.41, 5.74) is 7.92. The van der Waals surface area contributed by atoms with Crippen molar-refractivity contribution in [3.8, 4) is 11.5 Å². The molecular weight excluding hydrogens is 266 g/mol. The van der Waals surface area contributed by atoms with Crippen LogP contribution in [0.25, 0.3) is 0 Å². The third-order valence-corrected chi connectivity index (χ3v) is 3.15. The van der Waals surface area contributed by atoms with Crippen molar-refractivity contribution in [2.75, 3.05) is 19.8 Å². The van der Waals surface area contributed by atoms with Gasteiger partial charge in [0.05, 0.1) is 19.4 Å². The molecule has 2 aromatic rings. The van der Waals surface area contributed by atoms with Crippen molar-refractivity contribution in [3.63, 3.8) is 0 Å². The maximum absolute atomic E-state index is 5.84. The fraction of sp³-hybridized carbons (Fsp3) is 0.438. The maximum atomic E-state index is 5.84. The van der Waals surface area contributed by atoms with Gasteiger partial charge in [-0.15, -0.1) is 0 Å². The summed E-state index contributed by atoms with van der Waals surface area (Å²) in [7, 11) is 1.91. The Bertz CT molecular complexity index is 566. The monoisotopic (exact) mass is 289 g/mol. The van der Waals surface area contributed by atoms with Crippen LogP contribution in [-0.2, 0) is 19.9 Å². The molecule has 0 atom stereocenters. The highest BCUT2D eigenvalue weighted by atomic mass is 16.5. The zero-order valence-electron chi connectivity index (χ0n) is 12.7. The molecule has 5 nitrogen and oxygen atoms in total. The average molecular weight is 289 g/mol. The van der Waals surface area contributed by atoms with Gasteiger partial charge >= 0.3 is 0 Å². The second kappa shape index (κ2) is 7.69. The number of rotatable bonds is 8. The summed E-state index contributed by atoms with van der Waals surface area (Å²) in [5.74, 6) is 1.57. The highest BCUT2D eigenvalue weighted by Gasteiger charge is 2.07. The topological polar surface area (TPSA) is 62.3 Å². The highest BCUT2D eigenvalue weighted by Crippen LogP contribution is 2.28. The molecule has 1 heterocycles. The lowest BCUT2D eigenvalue weighted by molar-refractivity contribution is 0.279. The molecule has 0 spiro atoms. The molecule has 2 N–H and O–H groups in total. The smallest absolute Gasteiger partial charge is 0.161 e. The van der Waals surface area contributed by atoms with Gasteiger partial charge < -0.3 is 15.2 Å². The molecule has 0 bridgehead atoms. The summed E-state index contributed by atoms with van der Waals surface area (Å²) in [6.45, 7) is 3.81. The van der Waals surface area contributed by atoms with E-state index in [0.717, 1.165) is 29.9 Å². The Morgan fingerprint density at radius 2 is 2.00 bits per heavy atom. The van der Waals surface area contributed by atoms with Gasteiger partial charge in [0.2, 0.25) is 0 Å². The number of aromatic nitrogens is 2. The van der Waals surface area contributed by atoms with E-state index in [1.807, 2.05) is 44.6 Å². The van der Waals surface area contributed by atoms with Gasteiger partial charge in [-0.1, -0.05) is 6.07 Å². The molecule has 0 unspecified atom stereocenters. The van der Waals surface area contributed by atoms with Crippen LogP contribution < -0.4 is 15.2 Å². The van der Waals surface area contributed by atoms with Crippen molar-refractivity contribution in [1.82, 2.24) is 9.78 Å². The van der Waals surface area contributed by atoms with E-state index in [1.165, 1.54) is 5.56 Å². The lowest BCUT2D eigenvalue weighted by atomic mass is 10.1. The van der Waals surface area contributed by atoms with Crippen LogP contribution in [0.2, 0.25) is 0 Å². The van der Waals surface area contributed by atoms with Gasteiger partial charge in [0.1, 0.15) is 0 Å². The fourth-order valence-electron chi connectivity index (χ4n) is 2.14. The largest absolute Gasteiger partial charge is 0.490 e. The van der Waals surface area contributed by atoms with Crippen LogP contribution in [0.3, 0.4) is 0 Å². The van der Waals surface area contributed by atoms with E-state index >= 15 is 0 Å². The summed E-state index contributed by atoms with van der Waals surface area (Å²) in [6, 6.07) is 6.00. The fourth-order valence-corrected chi connectivity index (χ4v) is 2.14. The maximum Gasteiger partial charge on any atom is 0.161 e. The van der Waals surface area contributed by atoms with Crippen molar-refractivity contribution < 1.29 is 9.47 Å². The molecule has 0 amide bonds. The predicted octanol–water partition coefficient (Wildman–Crippen LogP) is 1.94. The van der Waals surface area contributed by atoms with E-state index in [0.29, 0.717) is 19.8 Å². The molecule has 114 valence electrons. The van der Waals surface area contributed by atoms with E-state index in [1.54, 1.807) is 4.68 Å². The van der Waals surface area contributed by atoms with Gasteiger partial charge in [0.15, 0.2) is 11.5 Å². The summed E-state index contributed by atoms with van der Waals surface area (Å²) >= 11 is 0. The minimum absolute atomic E-state index is 0.599. The van der Waals surface area contributed by atoms with Crippen LogP contribution in [0.15, 0.2) is 30.6 Å². The van der Waals surface area contributed by atoms with Crippen LogP contribution >= 0.6 is 0 Å². The summed E-state index contributed by atoms with van der Waals surface area (Å²) < 4.78 is 13.3. The Balaban J connectivity index is 1.97. The van der Waals surface area contributed by atoms with E-state index in [9.17, 15) is 0 Å². The molecule has 2 rings (SSSR count). The Labute approximate surface area is 125 Å². The molecule has 5 heteroatoms. The SMILES string of the molecule is CCOc1cc(CCN)ccc1OCCc1cnn(C)c1. The van der Waals surface area contributed by atoms with Crippen molar-refractivity contribution in [1.29, 1.82) is 0 Å². The Morgan fingerprint density at radius 1 is 1.14 bits per heavy atom. The number of nitrogens with zero attached hydrogens (tertiary/aromatic N) is 2. The number of aryl methyl sites for hydroxylation is 1. The molecule has 1 aromatic heterocycles. The zero-order chi connectivity index (χ0) is 15.1. The molecule has 1 aromatic carbocycles. The first-order valence-corrected chi connectivity index (χ1v) is 7.29. The lowest BCUT2D eigenvalue weighted by Gasteiger charge is -2.13. The first kappa shape index (κ1) is 15.4. The standard InChI is InChI=1S/C16H23N3O2/c1-3-20-16-10-13(6-8-17)4-5-15(16)21-9-7-14-11-18-19(2)12-14/h4-5,10-12H,3,6-9,17H2,1-2H3. The predicted molar refractivity (Wildman–Crippen MR) is 82.8 cm³/mol. The second-order valence-electron chi connectivity index (χ2n) is 4.87. The molecule has 21 heavy (non-hydrogen) atoms. The van der Waals surface area contributed by atoms with E-state index in [-0.39, 0.29) is 0 Å². The van der Waals surface area contributed by atoms with Crippen molar-refractivity contribution in [2.45, 2.75) is 19.8 Å². The first-order valence-electron chi connectivity index (χ1n) is 7.29. The van der Waals surface area contributed by atoms with Crippen LogP contribution in [0.1, 0.15) is 18.1 Å². The summed E-state index contributed by atoms with van der Waals surface area (Å²) in [5, 5.41) is 4.15. The molecular formula is C16H23N3O2. The summed E-state index contributed by atoms with van der Waals surface area (Å²) in [6.07, 6.45) is 5.52. The van der Waals surface area contributed by atoms with E-state index < -0.39 is 0 Å². The van der Waals surface area contributed by atoms with Crippen LogP contribution in [0.5, 0.6) is 11.5 Å². The van der Waals surface area contributed by atoms with Crippen LogP contribution in [0, 0.1) is 0 Å². The van der Waals surface area contributed by atoms with Crippen molar-refractivity contribution >= 4 is 0 Å². The third-order valence-electron chi connectivity index (χ3n) is 3.15. The molecule has 0 saturated heterocycles. The lowest BCUT2D eigenvalue weighted by Crippen LogP contribution is -2.06. The zero-order valence-corrected chi connectivity index (χ0v) is 12.7. The summed E-state index contributed by atoms with van der Waals surface area (Å²) in [4.78, 5) is 0. The Hall–Kier alpha value is -2.01. The molecule has 0 aliphatic heterocycles. The van der Waals surface area contributed by atoms with Crippen LogP contribution in [-0.4, -0.2) is 29.5 Å². The average Bonchev–Trinajstić information content (AvgIpc) is 2.87. The quantitative estimate of drug-likeness (QED) is 0.806. The van der Waals surface area contributed by atoms with Crippen molar-refractivity contribution in [2.24, 2.45) is 12.8 Å². The van der Waals surface area contributed by atoms with Gasteiger partial charge in [-0.3, -0.25) is 4.68 Å². The second-order valence-corrected chi connectivity index (χ2v) is 4.87. The minimum Gasteiger partial charge on any atom is -0.490 e. The molecule has 0 aliphatic carbocycles. The number of nitrogens with two attached hydrogens (primary N) is 1. The Kier molecular flexibility index (Phi) is 5.63. The Morgan fingerprint density at radius 3 is 2.67 bits per heavy atom. The molecule has 0 aliphatic rings.